The second kappa shape index (κ2) is 4.40. The molecule has 0 aliphatic heterocycles. The molecule has 0 spiro atoms. The third kappa shape index (κ3) is 2.08. The molecule has 0 saturated carbocycles. The number of phenols is 1. The molecule has 0 unspecified atom stereocenters. The van der Waals surface area contributed by atoms with E-state index in [1.807, 2.05) is 25.1 Å². The van der Waals surface area contributed by atoms with Crippen LogP contribution < -0.4 is 0 Å². The third-order valence-electron chi connectivity index (χ3n) is 3.02. The van der Waals surface area contributed by atoms with Gasteiger partial charge in [-0.25, -0.2) is 0 Å². The molecule has 1 nitrogen and oxygen atoms in total. The van der Waals surface area contributed by atoms with Crippen LogP contribution >= 0.6 is 0 Å². The SMILES string of the molecule is Cc1cc([C@@H](C)c2ccccc2)ccc1O. The first-order chi connectivity index (χ1) is 7.68. The topological polar surface area (TPSA) is 20.2 Å². The Morgan fingerprint density at radius 2 is 1.62 bits per heavy atom. The highest BCUT2D eigenvalue weighted by Crippen LogP contribution is 2.27. The molecule has 82 valence electrons. The standard InChI is InChI=1S/C15H16O/c1-11-10-14(8-9-15(11)16)12(2)13-6-4-3-5-7-13/h3-10,12,16H,1-2H3/t12-/m0/s1. The van der Waals surface area contributed by atoms with Crippen LogP contribution in [-0.4, -0.2) is 5.11 Å². The lowest BCUT2D eigenvalue weighted by Gasteiger charge is -2.13. The molecule has 2 aromatic carbocycles. The Kier molecular flexibility index (Phi) is 2.95. The van der Waals surface area contributed by atoms with Crippen LogP contribution in [0.2, 0.25) is 0 Å². The lowest BCUT2D eigenvalue weighted by molar-refractivity contribution is 0.471. The maximum Gasteiger partial charge on any atom is 0.118 e. The fourth-order valence-corrected chi connectivity index (χ4v) is 1.88. The van der Waals surface area contributed by atoms with E-state index in [9.17, 15) is 5.11 Å². The van der Waals surface area contributed by atoms with Crippen LogP contribution in [0.15, 0.2) is 48.5 Å². The van der Waals surface area contributed by atoms with Gasteiger partial charge in [-0.05, 0) is 29.7 Å². The summed E-state index contributed by atoms with van der Waals surface area (Å²) < 4.78 is 0. The van der Waals surface area contributed by atoms with Crippen molar-refractivity contribution >= 4 is 0 Å². The minimum Gasteiger partial charge on any atom is -0.508 e. The summed E-state index contributed by atoms with van der Waals surface area (Å²) in [5.74, 6) is 0.726. The summed E-state index contributed by atoms with van der Waals surface area (Å²) in [5.41, 5.74) is 3.47. The van der Waals surface area contributed by atoms with Crippen molar-refractivity contribution in [1.82, 2.24) is 0 Å². The van der Waals surface area contributed by atoms with Crippen molar-refractivity contribution in [1.29, 1.82) is 0 Å². The molecule has 16 heavy (non-hydrogen) atoms. The number of hydrogen-bond acceptors (Lipinski definition) is 1. The zero-order valence-corrected chi connectivity index (χ0v) is 9.64. The molecule has 2 aromatic rings. The monoisotopic (exact) mass is 212 g/mol. The number of hydrogen-bond donors (Lipinski definition) is 1. The summed E-state index contributed by atoms with van der Waals surface area (Å²) in [6.07, 6.45) is 0. The number of rotatable bonds is 2. The fraction of sp³-hybridized carbons (Fsp3) is 0.200. The van der Waals surface area contributed by atoms with E-state index < -0.39 is 0 Å². The summed E-state index contributed by atoms with van der Waals surface area (Å²) in [6, 6.07) is 16.2. The first kappa shape index (κ1) is 10.7. The Morgan fingerprint density at radius 3 is 2.25 bits per heavy atom. The van der Waals surface area contributed by atoms with Crippen LogP contribution in [0.25, 0.3) is 0 Å². The van der Waals surface area contributed by atoms with E-state index in [2.05, 4.69) is 31.2 Å². The maximum atomic E-state index is 9.50. The number of phenolic OH excluding ortho intramolecular Hbond substituents is 1. The number of aryl methyl sites for hydroxylation is 1. The highest BCUT2D eigenvalue weighted by Gasteiger charge is 2.08. The molecule has 2 rings (SSSR count). The van der Waals surface area contributed by atoms with Gasteiger partial charge in [-0.2, -0.15) is 0 Å². The van der Waals surface area contributed by atoms with Crippen LogP contribution in [0.3, 0.4) is 0 Å². The van der Waals surface area contributed by atoms with Gasteiger partial charge in [0.15, 0.2) is 0 Å². The molecule has 1 atom stereocenters. The van der Waals surface area contributed by atoms with Crippen LogP contribution in [0.1, 0.15) is 29.5 Å². The summed E-state index contributed by atoms with van der Waals surface area (Å²) in [5, 5.41) is 9.50. The Balaban J connectivity index is 2.34. The van der Waals surface area contributed by atoms with E-state index in [4.69, 9.17) is 0 Å². The first-order valence-electron chi connectivity index (χ1n) is 5.53. The normalized spacial score (nSPS) is 12.4. The van der Waals surface area contributed by atoms with Crippen LogP contribution in [0, 0.1) is 6.92 Å². The summed E-state index contributed by atoms with van der Waals surface area (Å²) in [7, 11) is 0. The van der Waals surface area contributed by atoms with Crippen molar-refractivity contribution in [2.24, 2.45) is 0 Å². The van der Waals surface area contributed by atoms with Gasteiger partial charge in [-0.1, -0.05) is 49.4 Å². The van der Waals surface area contributed by atoms with Gasteiger partial charge < -0.3 is 5.11 Å². The molecule has 1 N–H and O–H groups in total. The number of benzene rings is 2. The molecule has 0 fully saturated rings. The molecule has 0 aromatic heterocycles. The van der Waals surface area contributed by atoms with E-state index in [0.29, 0.717) is 11.7 Å². The quantitative estimate of drug-likeness (QED) is 0.801. The lowest BCUT2D eigenvalue weighted by Crippen LogP contribution is -1.95. The predicted molar refractivity (Wildman–Crippen MR) is 66.8 cm³/mol. The molecule has 0 heterocycles. The molecule has 0 amide bonds. The minimum absolute atomic E-state index is 0.362. The van der Waals surface area contributed by atoms with Crippen molar-refractivity contribution in [3.8, 4) is 5.75 Å². The highest BCUT2D eigenvalue weighted by molar-refractivity contribution is 5.39. The largest absolute Gasteiger partial charge is 0.508 e. The van der Waals surface area contributed by atoms with Crippen molar-refractivity contribution in [2.45, 2.75) is 19.8 Å². The average molecular weight is 212 g/mol. The Labute approximate surface area is 96.4 Å². The van der Waals surface area contributed by atoms with Gasteiger partial charge in [0.25, 0.3) is 0 Å². The van der Waals surface area contributed by atoms with Crippen molar-refractivity contribution in [3.05, 3.63) is 65.2 Å². The fourth-order valence-electron chi connectivity index (χ4n) is 1.88. The molecule has 0 aliphatic rings. The molecule has 0 aliphatic carbocycles. The van der Waals surface area contributed by atoms with E-state index in [1.54, 1.807) is 6.07 Å². The van der Waals surface area contributed by atoms with Crippen molar-refractivity contribution in [2.75, 3.05) is 0 Å². The lowest BCUT2D eigenvalue weighted by atomic mass is 9.92. The van der Waals surface area contributed by atoms with Crippen molar-refractivity contribution < 1.29 is 5.11 Å². The average Bonchev–Trinajstić information content (AvgIpc) is 2.33. The van der Waals surface area contributed by atoms with E-state index in [1.165, 1.54) is 11.1 Å². The van der Waals surface area contributed by atoms with E-state index >= 15 is 0 Å². The first-order valence-corrected chi connectivity index (χ1v) is 5.53. The van der Waals surface area contributed by atoms with Gasteiger partial charge in [0.2, 0.25) is 0 Å². The Bertz CT molecular complexity index is 474. The second-order valence-electron chi connectivity index (χ2n) is 4.18. The molecule has 0 saturated heterocycles. The Hall–Kier alpha value is -1.76. The maximum absolute atomic E-state index is 9.50. The van der Waals surface area contributed by atoms with Gasteiger partial charge in [0, 0.05) is 5.92 Å². The predicted octanol–water partition coefficient (Wildman–Crippen LogP) is 3.85. The molecule has 1 heteroatoms. The van der Waals surface area contributed by atoms with Crippen LogP contribution in [0.5, 0.6) is 5.75 Å². The molecular formula is C15H16O. The summed E-state index contributed by atoms with van der Waals surface area (Å²) in [6.45, 7) is 4.11. The molecule has 0 bridgehead atoms. The highest BCUT2D eigenvalue weighted by atomic mass is 16.3. The summed E-state index contributed by atoms with van der Waals surface area (Å²) >= 11 is 0. The van der Waals surface area contributed by atoms with Crippen LogP contribution in [0.4, 0.5) is 0 Å². The smallest absolute Gasteiger partial charge is 0.118 e. The van der Waals surface area contributed by atoms with E-state index in [0.717, 1.165) is 5.56 Å². The van der Waals surface area contributed by atoms with Gasteiger partial charge in [-0.3, -0.25) is 0 Å². The molecule has 0 radical (unpaired) electrons. The zero-order chi connectivity index (χ0) is 11.5. The van der Waals surface area contributed by atoms with Crippen LogP contribution in [-0.2, 0) is 0 Å². The van der Waals surface area contributed by atoms with Gasteiger partial charge in [-0.15, -0.1) is 0 Å². The van der Waals surface area contributed by atoms with E-state index in [-0.39, 0.29) is 0 Å². The third-order valence-corrected chi connectivity index (χ3v) is 3.02. The summed E-state index contributed by atoms with van der Waals surface area (Å²) in [4.78, 5) is 0. The van der Waals surface area contributed by atoms with Crippen molar-refractivity contribution in [3.63, 3.8) is 0 Å². The second-order valence-corrected chi connectivity index (χ2v) is 4.18. The minimum atomic E-state index is 0.362. The molecular weight excluding hydrogens is 196 g/mol. The van der Waals surface area contributed by atoms with Gasteiger partial charge >= 0.3 is 0 Å². The number of aromatic hydroxyl groups is 1. The zero-order valence-electron chi connectivity index (χ0n) is 9.64. The Morgan fingerprint density at radius 1 is 0.938 bits per heavy atom. The van der Waals surface area contributed by atoms with Gasteiger partial charge in [0.05, 0.1) is 0 Å². The van der Waals surface area contributed by atoms with Gasteiger partial charge in [0.1, 0.15) is 5.75 Å².